The molecule has 0 spiro atoms. The number of primary amides is 1. The van der Waals surface area contributed by atoms with Crippen molar-refractivity contribution < 1.29 is 4.79 Å². The van der Waals surface area contributed by atoms with Crippen molar-refractivity contribution in [2.45, 2.75) is 0 Å². The Kier molecular flexibility index (Phi) is 2.45. The maximum Gasteiger partial charge on any atom is 0.323 e. The second-order valence-electron chi connectivity index (χ2n) is 4.28. The summed E-state index contributed by atoms with van der Waals surface area (Å²) >= 11 is 0. The first-order valence-electron chi connectivity index (χ1n) is 5.76. The molecular formula is C14H11N3O2. The Balaban J connectivity index is 2.15. The lowest BCUT2D eigenvalue weighted by Gasteiger charge is -2.03. The summed E-state index contributed by atoms with van der Waals surface area (Å²) in [6.45, 7) is 0. The summed E-state index contributed by atoms with van der Waals surface area (Å²) in [7, 11) is 0. The maximum atomic E-state index is 11.2. The molecule has 0 bridgehead atoms. The highest BCUT2D eigenvalue weighted by molar-refractivity contribution is 5.94. The van der Waals surface area contributed by atoms with Crippen molar-refractivity contribution in [1.29, 1.82) is 0 Å². The number of aromatic nitrogens is 2. The first-order valence-corrected chi connectivity index (χ1v) is 5.76. The van der Waals surface area contributed by atoms with Gasteiger partial charge in [-0.15, -0.1) is 0 Å². The van der Waals surface area contributed by atoms with Gasteiger partial charge in [0, 0.05) is 5.56 Å². The molecular weight excluding hydrogens is 242 g/mol. The summed E-state index contributed by atoms with van der Waals surface area (Å²) < 4.78 is 0. The van der Waals surface area contributed by atoms with Gasteiger partial charge in [0.2, 0.25) is 5.91 Å². The van der Waals surface area contributed by atoms with Crippen LogP contribution in [-0.2, 0) is 0 Å². The monoisotopic (exact) mass is 253 g/mol. The van der Waals surface area contributed by atoms with E-state index in [9.17, 15) is 9.59 Å². The van der Waals surface area contributed by atoms with Crippen LogP contribution in [0.5, 0.6) is 0 Å². The molecule has 2 aromatic carbocycles. The Morgan fingerprint density at radius 1 is 0.947 bits per heavy atom. The van der Waals surface area contributed by atoms with Gasteiger partial charge < -0.3 is 15.7 Å². The largest absolute Gasteiger partial charge is 0.366 e. The fourth-order valence-corrected chi connectivity index (χ4v) is 2.06. The van der Waals surface area contributed by atoms with Gasteiger partial charge in [0.1, 0.15) is 0 Å². The number of hydrogen-bond donors (Lipinski definition) is 3. The lowest BCUT2D eigenvalue weighted by atomic mass is 10.0. The van der Waals surface area contributed by atoms with Crippen molar-refractivity contribution in [1.82, 2.24) is 9.97 Å². The molecule has 0 fully saturated rings. The van der Waals surface area contributed by atoms with Gasteiger partial charge in [0.25, 0.3) is 0 Å². The minimum absolute atomic E-state index is 0.238. The van der Waals surface area contributed by atoms with E-state index in [0.717, 1.165) is 22.2 Å². The second-order valence-corrected chi connectivity index (χ2v) is 4.28. The molecule has 5 heteroatoms. The first kappa shape index (κ1) is 11.3. The van der Waals surface area contributed by atoms with E-state index < -0.39 is 5.91 Å². The molecule has 19 heavy (non-hydrogen) atoms. The molecule has 0 aliphatic carbocycles. The highest BCUT2D eigenvalue weighted by Gasteiger charge is 2.05. The number of benzene rings is 2. The highest BCUT2D eigenvalue weighted by Crippen LogP contribution is 2.23. The summed E-state index contributed by atoms with van der Waals surface area (Å²) in [6, 6.07) is 12.6. The van der Waals surface area contributed by atoms with Crippen LogP contribution in [0.4, 0.5) is 0 Å². The fraction of sp³-hybridized carbons (Fsp3) is 0. The number of nitrogens with one attached hydrogen (secondary N) is 2. The number of amides is 1. The first-order chi connectivity index (χ1) is 9.13. The molecule has 0 atom stereocenters. The molecule has 0 unspecified atom stereocenters. The summed E-state index contributed by atoms with van der Waals surface area (Å²) in [6.07, 6.45) is 0. The zero-order chi connectivity index (χ0) is 13.4. The van der Waals surface area contributed by atoms with Crippen LogP contribution in [0.2, 0.25) is 0 Å². The van der Waals surface area contributed by atoms with Gasteiger partial charge >= 0.3 is 5.69 Å². The zero-order valence-electron chi connectivity index (χ0n) is 9.94. The van der Waals surface area contributed by atoms with E-state index in [1.54, 1.807) is 18.2 Å². The van der Waals surface area contributed by atoms with Crippen LogP contribution in [0.1, 0.15) is 10.4 Å². The van der Waals surface area contributed by atoms with Crippen LogP contribution in [0.3, 0.4) is 0 Å². The molecule has 1 heterocycles. The van der Waals surface area contributed by atoms with Crippen LogP contribution < -0.4 is 11.4 Å². The van der Waals surface area contributed by atoms with Gasteiger partial charge in [-0.2, -0.15) is 0 Å². The van der Waals surface area contributed by atoms with Crippen molar-refractivity contribution in [3.8, 4) is 11.1 Å². The molecule has 1 amide bonds. The smallest absolute Gasteiger partial charge is 0.323 e. The molecule has 3 rings (SSSR count). The fourth-order valence-electron chi connectivity index (χ4n) is 2.06. The van der Waals surface area contributed by atoms with Crippen LogP contribution in [-0.4, -0.2) is 15.9 Å². The molecule has 1 aromatic heterocycles. The molecule has 0 aliphatic rings. The topological polar surface area (TPSA) is 91.7 Å². The minimum atomic E-state index is -0.460. The quantitative estimate of drug-likeness (QED) is 0.647. The number of rotatable bonds is 2. The van der Waals surface area contributed by atoms with Gasteiger partial charge in [0.15, 0.2) is 0 Å². The number of fused-ring (bicyclic) bond motifs is 1. The number of imidazole rings is 1. The van der Waals surface area contributed by atoms with E-state index in [-0.39, 0.29) is 5.69 Å². The highest BCUT2D eigenvalue weighted by atomic mass is 16.1. The van der Waals surface area contributed by atoms with Gasteiger partial charge in [0.05, 0.1) is 11.0 Å². The van der Waals surface area contributed by atoms with Crippen molar-refractivity contribution >= 4 is 16.9 Å². The molecule has 3 aromatic rings. The molecule has 0 aliphatic heterocycles. The second kappa shape index (κ2) is 4.13. The van der Waals surface area contributed by atoms with E-state index in [0.29, 0.717) is 5.56 Å². The zero-order valence-corrected chi connectivity index (χ0v) is 9.94. The van der Waals surface area contributed by atoms with Crippen LogP contribution in [0.25, 0.3) is 22.2 Å². The van der Waals surface area contributed by atoms with Crippen LogP contribution >= 0.6 is 0 Å². The van der Waals surface area contributed by atoms with Crippen molar-refractivity contribution in [3.05, 3.63) is 58.5 Å². The Bertz CT molecular complexity index is 830. The molecule has 5 nitrogen and oxygen atoms in total. The third-order valence-electron chi connectivity index (χ3n) is 3.00. The van der Waals surface area contributed by atoms with E-state index in [4.69, 9.17) is 5.73 Å². The molecule has 0 saturated carbocycles. The Hall–Kier alpha value is -2.82. The standard InChI is InChI=1S/C14H11N3O2/c15-13(18)10-3-1-2-8(6-10)9-4-5-11-12(7-9)17-14(19)16-11/h1-7H,(H2,15,18)(H2,16,17,19). The summed E-state index contributed by atoms with van der Waals surface area (Å²) in [5.41, 5.74) is 8.75. The molecule has 94 valence electrons. The predicted octanol–water partition coefficient (Wildman–Crippen LogP) is 1.62. The van der Waals surface area contributed by atoms with E-state index in [1.807, 2.05) is 24.3 Å². The van der Waals surface area contributed by atoms with Gasteiger partial charge in [-0.05, 0) is 35.4 Å². The third kappa shape index (κ3) is 2.01. The average Bonchev–Trinajstić information content (AvgIpc) is 2.77. The molecule has 0 saturated heterocycles. The van der Waals surface area contributed by atoms with Crippen molar-refractivity contribution in [2.24, 2.45) is 5.73 Å². The average molecular weight is 253 g/mol. The number of hydrogen-bond acceptors (Lipinski definition) is 2. The minimum Gasteiger partial charge on any atom is -0.366 e. The van der Waals surface area contributed by atoms with E-state index in [1.165, 1.54) is 0 Å². The lowest BCUT2D eigenvalue weighted by molar-refractivity contribution is 0.100. The Morgan fingerprint density at radius 3 is 2.47 bits per heavy atom. The molecule has 4 N–H and O–H groups in total. The van der Waals surface area contributed by atoms with E-state index >= 15 is 0 Å². The molecule has 0 radical (unpaired) electrons. The lowest BCUT2D eigenvalue weighted by Crippen LogP contribution is -2.10. The SMILES string of the molecule is NC(=O)c1cccc(-c2ccc3[nH]c(=O)[nH]c3c2)c1. The Labute approximate surface area is 108 Å². The predicted molar refractivity (Wildman–Crippen MR) is 72.9 cm³/mol. The summed E-state index contributed by atoms with van der Waals surface area (Å²) in [5.74, 6) is -0.460. The Morgan fingerprint density at radius 2 is 1.68 bits per heavy atom. The normalized spacial score (nSPS) is 10.7. The number of carbonyl (C=O) groups excluding carboxylic acids is 1. The van der Waals surface area contributed by atoms with Crippen LogP contribution in [0, 0.1) is 0 Å². The summed E-state index contributed by atoms with van der Waals surface area (Å²) in [4.78, 5) is 27.8. The van der Waals surface area contributed by atoms with Gasteiger partial charge in [-0.3, -0.25) is 4.79 Å². The van der Waals surface area contributed by atoms with Gasteiger partial charge in [-0.25, -0.2) is 4.79 Å². The maximum absolute atomic E-state index is 11.2. The number of nitrogens with two attached hydrogens (primary N) is 1. The number of H-pyrrole nitrogens is 2. The van der Waals surface area contributed by atoms with Gasteiger partial charge in [-0.1, -0.05) is 18.2 Å². The van der Waals surface area contributed by atoms with Crippen LogP contribution in [0.15, 0.2) is 47.3 Å². The number of carbonyl (C=O) groups is 1. The van der Waals surface area contributed by atoms with E-state index in [2.05, 4.69) is 9.97 Å². The summed E-state index contributed by atoms with van der Waals surface area (Å²) in [5, 5.41) is 0. The van der Waals surface area contributed by atoms with Crippen molar-refractivity contribution in [2.75, 3.05) is 0 Å². The van der Waals surface area contributed by atoms with Crippen molar-refractivity contribution in [3.63, 3.8) is 0 Å². The number of aromatic amines is 2. The third-order valence-corrected chi connectivity index (χ3v) is 3.00.